The van der Waals surface area contributed by atoms with Crippen LogP contribution in [0.5, 0.6) is 0 Å². The van der Waals surface area contributed by atoms with Gasteiger partial charge in [0, 0.05) is 20.6 Å². The molecular weight excluding hydrogens is 162 g/mol. The van der Waals surface area contributed by atoms with Crippen LogP contribution in [-0.2, 0) is 6.54 Å². The fourth-order valence-corrected chi connectivity index (χ4v) is 1.00. The highest BCUT2D eigenvalue weighted by molar-refractivity contribution is 5.32. The molecular formula is C10H13N3. The van der Waals surface area contributed by atoms with Gasteiger partial charge in [-0.15, -0.1) is 0 Å². The summed E-state index contributed by atoms with van der Waals surface area (Å²) in [7, 11) is 3.88. The molecule has 1 aromatic rings. The Labute approximate surface area is 78.6 Å². The summed E-state index contributed by atoms with van der Waals surface area (Å²) in [5.74, 6) is 0. The highest BCUT2D eigenvalue weighted by Crippen LogP contribution is 2.03. The van der Waals surface area contributed by atoms with E-state index in [9.17, 15) is 0 Å². The van der Waals surface area contributed by atoms with Gasteiger partial charge < -0.3 is 0 Å². The Balaban J connectivity index is 2.63. The summed E-state index contributed by atoms with van der Waals surface area (Å²) >= 11 is 0. The predicted octanol–water partition coefficient (Wildman–Crippen LogP) is 1.12. The summed E-state index contributed by atoms with van der Waals surface area (Å²) in [6, 6.07) is 9.70. The van der Waals surface area contributed by atoms with E-state index in [0.29, 0.717) is 5.56 Å². The van der Waals surface area contributed by atoms with Gasteiger partial charge in [0.1, 0.15) is 0 Å². The third-order valence-electron chi connectivity index (χ3n) is 1.66. The first-order valence-corrected chi connectivity index (χ1v) is 4.12. The number of rotatable bonds is 3. The molecule has 68 valence electrons. The number of hydrazine groups is 1. The van der Waals surface area contributed by atoms with Crippen LogP contribution in [0.25, 0.3) is 0 Å². The van der Waals surface area contributed by atoms with E-state index < -0.39 is 0 Å². The Morgan fingerprint density at radius 1 is 1.46 bits per heavy atom. The van der Waals surface area contributed by atoms with Crippen molar-refractivity contribution >= 4 is 0 Å². The van der Waals surface area contributed by atoms with Gasteiger partial charge in [-0.2, -0.15) is 5.26 Å². The predicted molar refractivity (Wildman–Crippen MR) is 51.7 cm³/mol. The van der Waals surface area contributed by atoms with E-state index in [0.717, 1.165) is 12.1 Å². The van der Waals surface area contributed by atoms with Crippen molar-refractivity contribution in [2.75, 3.05) is 14.1 Å². The van der Waals surface area contributed by atoms with E-state index in [1.807, 2.05) is 37.3 Å². The van der Waals surface area contributed by atoms with Crippen LogP contribution in [0.2, 0.25) is 0 Å². The van der Waals surface area contributed by atoms with Crippen LogP contribution >= 0.6 is 0 Å². The summed E-state index contributed by atoms with van der Waals surface area (Å²) in [5.41, 5.74) is 4.96. The fourth-order valence-electron chi connectivity index (χ4n) is 1.00. The maximum Gasteiger partial charge on any atom is 0.0991 e. The van der Waals surface area contributed by atoms with Crippen molar-refractivity contribution in [2.45, 2.75) is 6.54 Å². The van der Waals surface area contributed by atoms with Gasteiger partial charge >= 0.3 is 0 Å². The van der Waals surface area contributed by atoms with Crippen LogP contribution in [-0.4, -0.2) is 19.1 Å². The Hall–Kier alpha value is -1.37. The molecule has 0 unspecified atom stereocenters. The van der Waals surface area contributed by atoms with Crippen LogP contribution < -0.4 is 5.43 Å². The Morgan fingerprint density at radius 2 is 2.23 bits per heavy atom. The molecule has 13 heavy (non-hydrogen) atoms. The molecule has 0 fully saturated rings. The molecule has 1 rings (SSSR count). The molecule has 0 heterocycles. The molecule has 0 saturated heterocycles. The SMILES string of the molecule is CN(C)NCc1cccc(C#N)c1. The van der Waals surface area contributed by atoms with Crippen molar-refractivity contribution in [2.24, 2.45) is 0 Å². The Morgan fingerprint density at radius 3 is 2.85 bits per heavy atom. The number of nitrogens with zero attached hydrogens (tertiary/aromatic N) is 2. The van der Waals surface area contributed by atoms with Gasteiger partial charge in [-0.3, -0.25) is 10.4 Å². The third-order valence-corrected chi connectivity index (χ3v) is 1.66. The second kappa shape index (κ2) is 4.61. The van der Waals surface area contributed by atoms with Gasteiger partial charge in [0.25, 0.3) is 0 Å². The Kier molecular flexibility index (Phi) is 3.44. The summed E-state index contributed by atoms with van der Waals surface area (Å²) < 4.78 is 0. The lowest BCUT2D eigenvalue weighted by atomic mass is 10.1. The molecule has 0 aliphatic heterocycles. The van der Waals surface area contributed by atoms with Crippen LogP contribution in [0.15, 0.2) is 24.3 Å². The summed E-state index contributed by atoms with van der Waals surface area (Å²) in [6.07, 6.45) is 0. The molecule has 0 aliphatic carbocycles. The first-order valence-electron chi connectivity index (χ1n) is 4.12. The maximum absolute atomic E-state index is 8.66. The maximum atomic E-state index is 8.66. The van der Waals surface area contributed by atoms with E-state index in [1.54, 1.807) is 6.07 Å². The first-order chi connectivity index (χ1) is 6.22. The summed E-state index contributed by atoms with van der Waals surface area (Å²) in [6.45, 7) is 0.752. The first kappa shape index (κ1) is 9.72. The zero-order valence-corrected chi connectivity index (χ0v) is 7.91. The van der Waals surface area contributed by atoms with Crippen molar-refractivity contribution in [1.29, 1.82) is 5.26 Å². The lowest BCUT2D eigenvalue weighted by Gasteiger charge is -2.11. The molecule has 1 aromatic carbocycles. The van der Waals surface area contributed by atoms with Crippen LogP contribution in [0, 0.1) is 11.3 Å². The molecule has 0 aromatic heterocycles. The monoisotopic (exact) mass is 175 g/mol. The van der Waals surface area contributed by atoms with E-state index >= 15 is 0 Å². The second-order valence-corrected chi connectivity index (χ2v) is 3.04. The van der Waals surface area contributed by atoms with Crippen molar-refractivity contribution in [1.82, 2.24) is 10.4 Å². The normalized spacial score (nSPS) is 10.0. The number of hydrogen-bond acceptors (Lipinski definition) is 3. The van der Waals surface area contributed by atoms with Gasteiger partial charge in [-0.25, -0.2) is 0 Å². The van der Waals surface area contributed by atoms with E-state index in [4.69, 9.17) is 5.26 Å². The molecule has 1 N–H and O–H groups in total. The van der Waals surface area contributed by atoms with Gasteiger partial charge in [-0.1, -0.05) is 12.1 Å². The summed E-state index contributed by atoms with van der Waals surface area (Å²) in [4.78, 5) is 0. The average molecular weight is 175 g/mol. The minimum Gasteiger partial charge on any atom is -0.251 e. The van der Waals surface area contributed by atoms with Crippen LogP contribution in [0.4, 0.5) is 0 Å². The van der Waals surface area contributed by atoms with Gasteiger partial charge in [0.05, 0.1) is 11.6 Å². The van der Waals surface area contributed by atoms with Gasteiger partial charge in [0.15, 0.2) is 0 Å². The van der Waals surface area contributed by atoms with Crippen molar-refractivity contribution in [3.63, 3.8) is 0 Å². The molecule has 0 spiro atoms. The largest absolute Gasteiger partial charge is 0.251 e. The highest BCUT2D eigenvalue weighted by atomic mass is 15.5. The highest BCUT2D eigenvalue weighted by Gasteiger charge is 1.94. The number of nitriles is 1. The van der Waals surface area contributed by atoms with Crippen LogP contribution in [0.1, 0.15) is 11.1 Å². The molecule has 3 nitrogen and oxygen atoms in total. The zero-order valence-electron chi connectivity index (χ0n) is 7.91. The van der Waals surface area contributed by atoms with Crippen LogP contribution in [0.3, 0.4) is 0 Å². The lowest BCUT2D eigenvalue weighted by Crippen LogP contribution is -2.29. The fraction of sp³-hybridized carbons (Fsp3) is 0.300. The van der Waals surface area contributed by atoms with Crippen molar-refractivity contribution in [3.8, 4) is 6.07 Å². The number of nitrogens with one attached hydrogen (secondary N) is 1. The number of hydrogen-bond donors (Lipinski definition) is 1. The molecule has 0 amide bonds. The minimum atomic E-state index is 0.707. The molecule has 0 radical (unpaired) electrons. The standard InChI is InChI=1S/C10H13N3/c1-13(2)12-8-10-5-3-4-9(6-10)7-11/h3-6,12H,8H2,1-2H3. The van der Waals surface area contributed by atoms with E-state index in [-0.39, 0.29) is 0 Å². The van der Waals surface area contributed by atoms with Crippen molar-refractivity contribution in [3.05, 3.63) is 35.4 Å². The molecule has 3 heteroatoms. The lowest BCUT2D eigenvalue weighted by molar-refractivity contribution is 0.286. The van der Waals surface area contributed by atoms with Crippen molar-refractivity contribution < 1.29 is 0 Å². The third kappa shape index (κ3) is 3.24. The summed E-state index contributed by atoms with van der Waals surface area (Å²) in [5, 5.41) is 10.5. The van der Waals surface area contributed by atoms with Gasteiger partial charge in [0.2, 0.25) is 0 Å². The topological polar surface area (TPSA) is 39.1 Å². The number of benzene rings is 1. The van der Waals surface area contributed by atoms with Gasteiger partial charge in [-0.05, 0) is 17.7 Å². The average Bonchev–Trinajstić information content (AvgIpc) is 2.15. The molecule has 0 saturated carbocycles. The Bertz CT molecular complexity index is 312. The molecule has 0 bridgehead atoms. The van der Waals surface area contributed by atoms with E-state index in [1.165, 1.54) is 0 Å². The quantitative estimate of drug-likeness (QED) is 0.700. The molecule has 0 aliphatic rings. The minimum absolute atomic E-state index is 0.707. The molecule has 0 atom stereocenters. The second-order valence-electron chi connectivity index (χ2n) is 3.04. The zero-order chi connectivity index (χ0) is 9.68. The smallest absolute Gasteiger partial charge is 0.0991 e. The van der Waals surface area contributed by atoms with E-state index in [2.05, 4.69) is 11.5 Å².